The Kier molecular flexibility index (Phi) is 10.2. The fourth-order valence-electron chi connectivity index (χ4n) is 3.22. The minimum atomic E-state index is -0.186. The highest BCUT2D eigenvalue weighted by Gasteiger charge is 2.30. The van der Waals surface area contributed by atoms with E-state index in [0.29, 0.717) is 42.8 Å². The Labute approximate surface area is 167 Å². The molecular formula is C20H34N2O4S. The third kappa shape index (κ3) is 7.47. The zero-order valence-corrected chi connectivity index (χ0v) is 17.5. The molecule has 0 aromatic heterocycles. The third-order valence-electron chi connectivity index (χ3n) is 5.01. The van der Waals surface area contributed by atoms with Crippen molar-refractivity contribution in [3.8, 4) is 0 Å². The van der Waals surface area contributed by atoms with Crippen molar-refractivity contribution in [1.82, 2.24) is 10.4 Å². The van der Waals surface area contributed by atoms with Gasteiger partial charge in [0.2, 0.25) is 0 Å². The Morgan fingerprint density at radius 3 is 3.00 bits per heavy atom. The molecule has 27 heavy (non-hydrogen) atoms. The van der Waals surface area contributed by atoms with E-state index in [1.54, 1.807) is 5.01 Å². The second-order valence-electron chi connectivity index (χ2n) is 7.12. The summed E-state index contributed by atoms with van der Waals surface area (Å²) >= 11 is 1.43. The average molecular weight is 399 g/mol. The lowest BCUT2D eigenvalue weighted by atomic mass is 10.0. The number of carbonyl (C=O) groups excluding carboxylic acids is 2. The predicted molar refractivity (Wildman–Crippen MR) is 108 cm³/mol. The monoisotopic (exact) mass is 398 g/mol. The van der Waals surface area contributed by atoms with Gasteiger partial charge in [-0.25, -0.2) is 10.4 Å². The quantitative estimate of drug-likeness (QED) is 0.536. The lowest BCUT2D eigenvalue weighted by Crippen LogP contribution is -2.54. The summed E-state index contributed by atoms with van der Waals surface area (Å²) < 4.78 is 11.1. The van der Waals surface area contributed by atoms with Crippen LogP contribution in [0.1, 0.15) is 65.2 Å². The molecule has 1 fully saturated rings. The van der Waals surface area contributed by atoms with E-state index in [0.717, 1.165) is 32.1 Å². The lowest BCUT2D eigenvalue weighted by molar-refractivity contribution is -0.155. The summed E-state index contributed by atoms with van der Waals surface area (Å²) in [4.78, 5) is 25.3. The Hall–Kier alpha value is -1.05. The first kappa shape index (κ1) is 22.2. The van der Waals surface area contributed by atoms with Crippen molar-refractivity contribution in [1.29, 1.82) is 0 Å². The van der Waals surface area contributed by atoms with Crippen LogP contribution in [0.4, 0.5) is 0 Å². The molecule has 2 aliphatic rings. The average Bonchev–Trinajstić information content (AvgIpc) is 2.70. The van der Waals surface area contributed by atoms with Gasteiger partial charge in [-0.1, -0.05) is 33.1 Å². The molecule has 2 atom stereocenters. The number of nitrogens with one attached hydrogen (secondary N) is 1. The van der Waals surface area contributed by atoms with Crippen LogP contribution in [0.15, 0.2) is 11.0 Å². The Morgan fingerprint density at radius 2 is 2.30 bits per heavy atom. The van der Waals surface area contributed by atoms with E-state index < -0.39 is 0 Å². The number of hydrazine groups is 1. The number of nitrogens with zero attached hydrogens (tertiary/aromatic N) is 1. The molecule has 1 saturated heterocycles. The van der Waals surface area contributed by atoms with Gasteiger partial charge in [0, 0.05) is 18.9 Å². The van der Waals surface area contributed by atoms with E-state index >= 15 is 0 Å². The van der Waals surface area contributed by atoms with E-state index in [-0.39, 0.29) is 18.1 Å². The molecule has 1 N–H and O–H groups in total. The molecule has 6 nitrogen and oxygen atoms in total. The molecule has 2 aliphatic heterocycles. The van der Waals surface area contributed by atoms with E-state index in [4.69, 9.17) is 9.47 Å². The molecule has 0 spiro atoms. The van der Waals surface area contributed by atoms with Crippen LogP contribution < -0.4 is 5.43 Å². The summed E-state index contributed by atoms with van der Waals surface area (Å²) in [6.07, 6.45) is 9.51. The van der Waals surface area contributed by atoms with Crippen molar-refractivity contribution in [2.24, 2.45) is 5.92 Å². The molecule has 0 aromatic rings. The summed E-state index contributed by atoms with van der Waals surface area (Å²) in [5.41, 5.74) is 3.10. The minimum Gasteiger partial charge on any atom is -0.465 e. The summed E-state index contributed by atoms with van der Waals surface area (Å²) in [6, 6.07) is 0. The normalized spacial score (nSPS) is 21.7. The van der Waals surface area contributed by atoms with E-state index in [2.05, 4.69) is 19.3 Å². The van der Waals surface area contributed by atoms with Gasteiger partial charge in [0.25, 0.3) is 5.91 Å². The zero-order valence-electron chi connectivity index (χ0n) is 16.7. The van der Waals surface area contributed by atoms with Crippen LogP contribution in [0, 0.1) is 5.92 Å². The number of hydrogen-bond acceptors (Lipinski definition) is 6. The third-order valence-corrected chi connectivity index (χ3v) is 6.07. The van der Waals surface area contributed by atoms with Gasteiger partial charge in [-0.05, 0) is 37.7 Å². The highest BCUT2D eigenvalue weighted by atomic mass is 32.2. The molecule has 1 amide bonds. The van der Waals surface area contributed by atoms with Crippen molar-refractivity contribution in [3.05, 3.63) is 11.0 Å². The van der Waals surface area contributed by atoms with Crippen molar-refractivity contribution in [3.63, 3.8) is 0 Å². The highest BCUT2D eigenvalue weighted by molar-refractivity contribution is 8.04. The molecule has 2 rings (SSSR count). The van der Waals surface area contributed by atoms with Gasteiger partial charge >= 0.3 is 5.97 Å². The second-order valence-corrected chi connectivity index (χ2v) is 8.26. The van der Waals surface area contributed by atoms with Crippen LogP contribution in [-0.2, 0) is 19.1 Å². The number of hydrogen-bond donors (Lipinski definition) is 1. The van der Waals surface area contributed by atoms with Crippen LogP contribution in [-0.4, -0.2) is 48.6 Å². The highest BCUT2D eigenvalue weighted by Crippen LogP contribution is 2.25. The predicted octanol–water partition coefficient (Wildman–Crippen LogP) is 3.63. The standard InChI is InChI=1S/C20H34N2O4S/c1-3-5-8-16(4-2)15-26-19(23)11-14-27-17-10-12-21-22(20(17)24)18-9-6-7-13-25-18/h10,16,18,21H,3-9,11-15H2,1-2H3. The fraction of sp³-hybridized carbons (Fsp3) is 0.800. The molecule has 2 heterocycles. The first-order valence-electron chi connectivity index (χ1n) is 10.3. The summed E-state index contributed by atoms with van der Waals surface area (Å²) in [6.45, 7) is 6.13. The van der Waals surface area contributed by atoms with Gasteiger partial charge in [-0.2, -0.15) is 0 Å². The molecule has 0 saturated carbocycles. The molecule has 0 aromatic carbocycles. The van der Waals surface area contributed by atoms with Gasteiger partial charge in [-0.15, -0.1) is 11.8 Å². The minimum absolute atomic E-state index is 0.0582. The molecule has 0 aliphatic carbocycles. The molecule has 7 heteroatoms. The maximum Gasteiger partial charge on any atom is 0.306 e. The number of thioether (sulfide) groups is 1. The maximum atomic E-state index is 12.6. The van der Waals surface area contributed by atoms with Crippen molar-refractivity contribution < 1.29 is 19.1 Å². The molecule has 154 valence electrons. The van der Waals surface area contributed by atoms with Crippen LogP contribution in [0.25, 0.3) is 0 Å². The van der Waals surface area contributed by atoms with Crippen molar-refractivity contribution >= 4 is 23.6 Å². The number of unbranched alkanes of at least 4 members (excludes halogenated alkanes) is 1. The van der Waals surface area contributed by atoms with Crippen LogP contribution in [0.5, 0.6) is 0 Å². The molecule has 0 radical (unpaired) electrons. The number of ether oxygens (including phenoxy) is 2. The molecular weight excluding hydrogens is 364 g/mol. The summed E-state index contributed by atoms with van der Waals surface area (Å²) in [5.74, 6) is 0.782. The number of carbonyl (C=O) groups is 2. The van der Waals surface area contributed by atoms with Gasteiger partial charge in [0.1, 0.15) is 6.23 Å². The van der Waals surface area contributed by atoms with Gasteiger partial charge < -0.3 is 9.47 Å². The maximum absolute atomic E-state index is 12.6. The zero-order chi connectivity index (χ0) is 19.5. The first-order chi connectivity index (χ1) is 13.2. The molecule has 0 bridgehead atoms. The summed E-state index contributed by atoms with van der Waals surface area (Å²) in [7, 11) is 0. The number of esters is 1. The van der Waals surface area contributed by atoms with E-state index in [9.17, 15) is 9.59 Å². The van der Waals surface area contributed by atoms with Crippen LogP contribution in [0.2, 0.25) is 0 Å². The number of rotatable bonds is 11. The largest absolute Gasteiger partial charge is 0.465 e. The van der Waals surface area contributed by atoms with Gasteiger partial charge in [0.15, 0.2) is 0 Å². The molecule has 2 unspecified atom stereocenters. The first-order valence-corrected chi connectivity index (χ1v) is 11.3. The van der Waals surface area contributed by atoms with E-state index in [1.807, 2.05) is 6.08 Å². The Morgan fingerprint density at radius 1 is 1.44 bits per heavy atom. The van der Waals surface area contributed by atoms with Crippen molar-refractivity contribution in [2.45, 2.75) is 71.4 Å². The van der Waals surface area contributed by atoms with Crippen molar-refractivity contribution in [2.75, 3.05) is 25.5 Å². The Bertz CT molecular complexity index is 506. The van der Waals surface area contributed by atoms with Gasteiger partial charge in [0.05, 0.1) is 17.9 Å². The second kappa shape index (κ2) is 12.4. The number of amides is 1. The van der Waals surface area contributed by atoms with Crippen LogP contribution >= 0.6 is 11.8 Å². The smallest absolute Gasteiger partial charge is 0.306 e. The van der Waals surface area contributed by atoms with E-state index in [1.165, 1.54) is 24.6 Å². The lowest BCUT2D eigenvalue weighted by Gasteiger charge is -2.36. The fourth-order valence-corrected chi connectivity index (χ4v) is 4.13. The van der Waals surface area contributed by atoms with Gasteiger partial charge in [-0.3, -0.25) is 9.59 Å². The summed E-state index contributed by atoms with van der Waals surface area (Å²) in [5, 5.41) is 1.61. The SMILES string of the molecule is CCCCC(CC)COC(=O)CCSC1=CCNN(C2CCCCO2)C1=O. The van der Waals surface area contributed by atoms with Crippen LogP contribution in [0.3, 0.4) is 0 Å². The topological polar surface area (TPSA) is 67.9 Å². The Balaban J connectivity index is 1.68.